The zero-order valence-corrected chi connectivity index (χ0v) is 11.9. The quantitative estimate of drug-likeness (QED) is 0.890. The van der Waals surface area contributed by atoms with E-state index in [0.29, 0.717) is 5.57 Å². The average molecular weight is 261 g/mol. The third kappa shape index (κ3) is 1.92. The van der Waals surface area contributed by atoms with E-state index in [0.717, 1.165) is 16.7 Å². The molecule has 0 spiro atoms. The summed E-state index contributed by atoms with van der Waals surface area (Å²) >= 11 is 0. The second-order valence-corrected chi connectivity index (χ2v) is 5.38. The van der Waals surface area contributed by atoms with Gasteiger partial charge in [-0.3, -0.25) is 9.63 Å². The van der Waals surface area contributed by atoms with E-state index < -0.39 is 5.54 Å². The first-order valence-electron chi connectivity index (χ1n) is 6.20. The van der Waals surface area contributed by atoms with Crippen molar-refractivity contribution in [3.8, 4) is 0 Å². The smallest absolute Gasteiger partial charge is 0.282 e. The van der Waals surface area contributed by atoms with E-state index in [9.17, 15) is 9.90 Å². The predicted molar refractivity (Wildman–Crippen MR) is 73.4 cm³/mol. The van der Waals surface area contributed by atoms with Crippen molar-refractivity contribution < 1.29 is 14.7 Å². The van der Waals surface area contributed by atoms with Gasteiger partial charge in [-0.15, -0.1) is 0 Å². The molecule has 0 saturated carbocycles. The van der Waals surface area contributed by atoms with Crippen LogP contribution in [0.5, 0.6) is 0 Å². The summed E-state index contributed by atoms with van der Waals surface area (Å²) in [5.74, 6) is -0.261. The van der Waals surface area contributed by atoms with Gasteiger partial charge >= 0.3 is 0 Å². The molecule has 1 aromatic carbocycles. The fraction of sp³-hybridized carbons (Fsp3) is 0.400. The maximum atomic E-state index is 12.4. The molecular formula is C15H19NO3. The summed E-state index contributed by atoms with van der Waals surface area (Å²) in [6.45, 7) is 7.42. The Labute approximate surface area is 113 Å². The molecule has 0 aliphatic carbocycles. The molecule has 102 valence electrons. The van der Waals surface area contributed by atoms with E-state index in [-0.39, 0.29) is 11.7 Å². The highest BCUT2D eigenvalue weighted by Crippen LogP contribution is 2.39. The molecule has 1 N–H and O–H groups in total. The Kier molecular flexibility index (Phi) is 3.14. The van der Waals surface area contributed by atoms with Gasteiger partial charge in [0.1, 0.15) is 11.3 Å². The second-order valence-electron chi connectivity index (χ2n) is 5.38. The van der Waals surface area contributed by atoms with Crippen LogP contribution in [0.25, 0.3) is 5.57 Å². The summed E-state index contributed by atoms with van der Waals surface area (Å²) in [6, 6.07) is 5.78. The molecule has 1 aliphatic heterocycles. The van der Waals surface area contributed by atoms with Crippen LogP contribution in [0.2, 0.25) is 0 Å². The third-order valence-corrected chi connectivity index (χ3v) is 3.56. The van der Waals surface area contributed by atoms with E-state index in [1.807, 2.05) is 32.0 Å². The predicted octanol–water partition coefficient (Wildman–Crippen LogP) is 2.75. The number of rotatable bonds is 2. The summed E-state index contributed by atoms with van der Waals surface area (Å²) < 4.78 is 0. The van der Waals surface area contributed by atoms with Gasteiger partial charge in [0.2, 0.25) is 0 Å². The van der Waals surface area contributed by atoms with Crippen LogP contribution in [0.15, 0.2) is 24.0 Å². The summed E-state index contributed by atoms with van der Waals surface area (Å²) in [6.07, 6.45) is 0. The van der Waals surface area contributed by atoms with Gasteiger partial charge in [0.25, 0.3) is 5.91 Å². The van der Waals surface area contributed by atoms with Crippen molar-refractivity contribution >= 4 is 11.5 Å². The van der Waals surface area contributed by atoms with Crippen LogP contribution in [0.1, 0.15) is 30.5 Å². The molecule has 0 radical (unpaired) electrons. The van der Waals surface area contributed by atoms with Crippen LogP contribution in [0.3, 0.4) is 0 Å². The molecule has 0 fully saturated rings. The molecule has 0 saturated heterocycles. The maximum Gasteiger partial charge on any atom is 0.282 e. The van der Waals surface area contributed by atoms with Gasteiger partial charge in [-0.05, 0) is 38.8 Å². The maximum absolute atomic E-state index is 12.4. The minimum absolute atomic E-state index is 0.0475. The van der Waals surface area contributed by atoms with Gasteiger partial charge in [-0.25, -0.2) is 5.06 Å². The molecule has 1 aromatic rings. The Hall–Kier alpha value is -1.81. The van der Waals surface area contributed by atoms with E-state index >= 15 is 0 Å². The van der Waals surface area contributed by atoms with Crippen LogP contribution in [-0.4, -0.2) is 28.7 Å². The number of carbonyl (C=O) groups is 1. The van der Waals surface area contributed by atoms with Crippen LogP contribution in [0, 0.1) is 13.8 Å². The first kappa shape index (κ1) is 13.6. The Morgan fingerprint density at radius 3 is 2.37 bits per heavy atom. The number of hydrogen-bond donors (Lipinski definition) is 1. The van der Waals surface area contributed by atoms with Crippen LogP contribution < -0.4 is 0 Å². The number of aliphatic hydroxyl groups is 1. The van der Waals surface area contributed by atoms with Crippen LogP contribution in [-0.2, 0) is 9.63 Å². The van der Waals surface area contributed by atoms with Gasteiger partial charge in [-0.1, -0.05) is 23.8 Å². The Morgan fingerprint density at radius 2 is 1.89 bits per heavy atom. The number of amides is 1. The summed E-state index contributed by atoms with van der Waals surface area (Å²) in [5.41, 5.74) is 2.31. The van der Waals surface area contributed by atoms with Crippen molar-refractivity contribution in [1.82, 2.24) is 5.06 Å². The largest absolute Gasteiger partial charge is 0.509 e. The van der Waals surface area contributed by atoms with E-state index in [4.69, 9.17) is 4.84 Å². The fourth-order valence-corrected chi connectivity index (χ4v) is 2.51. The molecule has 4 nitrogen and oxygen atoms in total. The highest BCUT2D eigenvalue weighted by Gasteiger charge is 2.47. The molecule has 4 heteroatoms. The minimum Gasteiger partial charge on any atom is -0.509 e. The number of carbonyl (C=O) groups excluding carboxylic acids is 1. The standard InChI is InChI=1S/C15H19NO3/c1-9-6-7-11(10(2)8-9)12-13(17)15(3,4)16(19-5)14(12)18/h6-8,17H,1-5H3. The Morgan fingerprint density at radius 1 is 1.26 bits per heavy atom. The van der Waals surface area contributed by atoms with Gasteiger partial charge in [-0.2, -0.15) is 0 Å². The third-order valence-electron chi connectivity index (χ3n) is 3.56. The first-order valence-corrected chi connectivity index (χ1v) is 6.20. The molecular weight excluding hydrogens is 242 g/mol. The van der Waals surface area contributed by atoms with E-state index in [2.05, 4.69) is 0 Å². The highest BCUT2D eigenvalue weighted by molar-refractivity contribution is 6.22. The fourth-order valence-electron chi connectivity index (χ4n) is 2.51. The summed E-state index contributed by atoms with van der Waals surface area (Å²) in [7, 11) is 1.43. The van der Waals surface area contributed by atoms with Crippen molar-refractivity contribution in [2.45, 2.75) is 33.2 Å². The van der Waals surface area contributed by atoms with E-state index in [1.54, 1.807) is 13.8 Å². The molecule has 1 amide bonds. The number of hydrogen-bond acceptors (Lipinski definition) is 3. The average Bonchev–Trinajstić information content (AvgIpc) is 2.48. The van der Waals surface area contributed by atoms with Crippen molar-refractivity contribution in [2.24, 2.45) is 0 Å². The normalized spacial score (nSPS) is 18.4. The van der Waals surface area contributed by atoms with Gasteiger partial charge < -0.3 is 5.11 Å². The number of hydroxylamine groups is 2. The SMILES string of the molecule is CON1C(=O)C(c2ccc(C)cc2C)=C(O)C1(C)C. The molecule has 19 heavy (non-hydrogen) atoms. The lowest BCUT2D eigenvalue weighted by Gasteiger charge is -2.28. The van der Waals surface area contributed by atoms with Gasteiger partial charge in [0.05, 0.1) is 12.7 Å². The zero-order chi connectivity index (χ0) is 14.4. The van der Waals surface area contributed by atoms with Gasteiger partial charge in [0.15, 0.2) is 0 Å². The Bertz CT molecular complexity index is 573. The van der Waals surface area contributed by atoms with Crippen molar-refractivity contribution in [1.29, 1.82) is 0 Å². The minimum atomic E-state index is -0.849. The lowest BCUT2D eigenvalue weighted by molar-refractivity contribution is -0.189. The lowest BCUT2D eigenvalue weighted by Crippen LogP contribution is -2.42. The zero-order valence-electron chi connectivity index (χ0n) is 11.9. The topological polar surface area (TPSA) is 49.8 Å². The molecule has 1 aliphatic rings. The summed E-state index contributed by atoms with van der Waals surface area (Å²) in [5, 5.41) is 11.6. The molecule has 0 atom stereocenters. The van der Waals surface area contributed by atoms with Crippen LogP contribution >= 0.6 is 0 Å². The second kappa shape index (κ2) is 4.38. The molecule has 1 heterocycles. The van der Waals surface area contributed by atoms with Crippen molar-refractivity contribution in [3.63, 3.8) is 0 Å². The molecule has 2 rings (SSSR count). The van der Waals surface area contributed by atoms with Crippen molar-refractivity contribution in [2.75, 3.05) is 7.11 Å². The highest BCUT2D eigenvalue weighted by atomic mass is 16.7. The van der Waals surface area contributed by atoms with E-state index in [1.165, 1.54) is 12.2 Å². The summed E-state index contributed by atoms with van der Waals surface area (Å²) in [4.78, 5) is 17.5. The number of aryl methyl sites for hydroxylation is 2. The van der Waals surface area contributed by atoms with Gasteiger partial charge in [0, 0.05) is 0 Å². The van der Waals surface area contributed by atoms with Crippen molar-refractivity contribution in [3.05, 3.63) is 40.6 Å². The van der Waals surface area contributed by atoms with Crippen LogP contribution in [0.4, 0.5) is 0 Å². The monoisotopic (exact) mass is 261 g/mol. The number of nitrogens with zero attached hydrogens (tertiary/aromatic N) is 1. The molecule has 0 unspecified atom stereocenters. The molecule has 0 bridgehead atoms. The number of aliphatic hydroxyl groups excluding tert-OH is 1. The Balaban J connectivity index is 2.61. The number of benzene rings is 1. The molecule has 0 aromatic heterocycles. The lowest BCUT2D eigenvalue weighted by atomic mass is 9.95. The first-order chi connectivity index (χ1) is 8.80.